The molecule has 1 fully saturated rings. The maximum Gasteiger partial charge on any atom is 0.317 e. The van der Waals surface area contributed by atoms with E-state index in [0.717, 1.165) is 38.3 Å². The second-order valence-corrected chi connectivity index (χ2v) is 5.04. The highest BCUT2D eigenvalue weighted by Crippen LogP contribution is 2.05. The van der Waals surface area contributed by atoms with Gasteiger partial charge in [0.15, 0.2) is 0 Å². The second kappa shape index (κ2) is 7.46. The summed E-state index contributed by atoms with van der Waals surface area (Å²) in [6, 6.07) is 9.29. The Morgan fingerprint density at radius 3 is 2.52 bits per heavy atom. The fraction of sp³-hybridized carbons (Fsp3) is 0.375. The van der Waals surface area contributed by atoms with Gasteiger partial charge in [-0.1, -0.05) is 18.2 Å². The van der Waals surface area contributed by atoms with Crippen molar-refractivity contribution in [2.45, 2.75) is 6.54 Å². The number of carbonyl (C=O) groups is 1. The van der Waals surface area contributed by atoms with Gasteiger partial charge in [0.2, 0.25) is 0 Å². The number of nitrogens with zero attached hydrogens (tertiary/aromatic N) is 3. The number of hydrogen-bond donors (Lipinski definition) is 1. The lowest BCUT2D eigenvalue weighted by atomic mass is 10.1. The van der Waals surface area contributed by atoms with E-state index in [4.69, 9.17) is 5.26 Å². The molecule has 1 aromatic carbocycles. The molecule has 2 rings (SSSR count). The molecule has 1 N–H and O–H groups in total. The molecule has 21 heavy (non-hydrogen) atoms. The Balaban J connectivity index is 1.77. The van der Waals surface area contributed by atoms with Gasteiger partial charge in [0.25, 0.3) is 0 Å². The molecule has 0 saturated carbocycles. The van der Waals surface area contributed by atoms with E-state index in [9.17, 15) is 4.79 Å². The van der Waals surface area contributed by atoms with Crippen molar-refractivity contribution in [1.29, 1.82) is 5.26 Å². The average Bonchev–Trinajstić information content (AvgIpc) is 2.54. The molecule has 5 nitrogen and oxygen atoms in total. The molecular weight excluding hydrogens is 264 g/mol. The van der Waals surface area contributed by atoms with E-state index in [-0.39, 0.29) is 6.03 Å². The number of urea groups is 1. The minimum atomic E-state index is -0.0300. The van der Waals surface area contributed by atoms with Crippen molar-refractivity contribution in [3.05, 3.63) is 48.0 Å². The van der Waals surface area contributed by atoms with Gasteiger partial charge in [-0.15, -0.1) is 6.58 Å². The van der Waals surface area contributed by atoms with Crippen LogP contribution in [0.3, 0.4) is 0 Å². The van der Waals surface area contributed by atoms with E-state index >= 15 is 0 Å². The van der Waals surface area contributed by atoms with Gasteiger partial charge in [-0.2, -0.15) is 5.26 Å². The van der Waals surface area contributed by atoms with Crippen molar-refractivity contribution in [2.24, 2.45) is 0 Å². The van der Waals surface area contributed by atoms with Crippen LogP contribution in [0, 0.1) is 11.3 Å². The van der Waals surface area contributed by atoms with E-state index in [0.29, 0.717) is 12.1 Å². The van der Waals surface area contributed by atoms with Gasteiger partial charge in [0.1, 0.15) is 0 Å². The van der Waals surface area contributed by atoms with Crippen LogP contribution in [0.1, 0.15) is 11.1 Å². The largest absolute Gasteiger partial charge is 0.334 e. The fourth-order valence-corrected chi connectivity index (χ4v) is 2.30. The summed E-state index contributed by atoms with van der Waals surface area (Å²) in [5.74, 6) is 0. The van der Waals surface area contributed by atoms with Crippen molar-refractivity contribution in [1.82, 2.24) is 15.1 Å². The van der Waals surface area contributed by atoms with Crippen LogP contribution in [0.15, 0.2) is 36.9 Å². The molecule has 0 unspecified atom stereocenters. The van der Waals surface area contributed by atoms with Crippen molar-refractivity contribution < 1.29 is 4.79 Å². The maximum absolute atomic E-state index is 12.1. The highest BCUT2D eigenvalue weighted by molar-refractivity contribution is 5.74. The van der Waals surface area contributed by atoms with Gasteiger partial charge in [0, 0.05) is 39.3 Å². The normalized spacial score (nSPS) is 15.3. The second-order valence-electron chi connectivity index (χ2n) is 5.04. The fourth-order valence-electron chi connectivity index (χ4n) is 2.30. The summed E-state index contributed by atoms with van der Waals surface area (Å²) in [5.41, 5.74) is 1.62. The molecule has 1 aliphatic rings. The van der Waals surface area contributed by atoms with Crippen molar-refractivity contribution in [2.75, 3.05) is 32.7 Å². The molecule has 110 valence electrons. The third-order valence-electron chi connectivity index (χ3n) is 3.57. The lowest BCUT2D eigenvalue weighted by molar-refractivity contribution is 0.146. The Morgan fingerprint density at radius 2 is 1.95 bits per heavy atom. The smallest absolute Gasteiger partial charge is 0.317 e. The zero-order valence-corrected chi connectivity index (χ0v) is 12.1. The molecule has 0 aliphatic carbocycles. The third-order valence-corrected chi connectivity index (χ3v) is 3.57. The summed E-state index contributed by atoms with van der Waals surface area (Å²) in [5, 5.41) is 11.7. The number of carbonyl (C=O) groups excluding carboxylic acids is 1. The molecule has 1 saturated heterocycles. The van der Waals surface area contributed by atoms with Gasteiger partial charge in [-0.3, -0.25) is 4.90 Å². The topological polar surface area (TPSA) is 59.4 Å². The molecule has 5 heteroatoms. The molecule has 0 spiro atoms. The predicted octanol–water partition coefficient (Wildman–Crippen LogP) is 1.57. The van der Waals surface area contributed by atoms with Crippen LogP contribution >= 0.6 is 0 Å². The summed E-state index contributed by atoms with van der Waals surface area (Å²) in [4.78, 5) is 16.2. The van der Waals surface area contributed by atoms with E-state index in [1.54, 1.807) is 12.1 Å². The van der Waals surface area contributed by atoms with Crippen LogP contribution in [0.25, 0.3) is 0 Å². The van der Waals surface area contributed by atoms with Crippen molar-refractivity contribution in [3.63, 3.8) is 0 Å². The zero-order chi connectivity index (χ0) is 15.1. The first-order valence-corrected chi connectivity index (χ1v) is 7.08. The van der Waals surface area contributed by atoms with Crippen molar-refractivity contribution in [3.8, 4) is 6.07 Å². The first kappa shape index (κ1) is 15.1. The van der Waals surface area contributed by atoms with Gasteiger partial charge in [-0.05, 0) is 17.7 Å². The number of nitriles is 1. The minimum absolute atomic E-state index is 0.0300. The van der Waals surface area contributed by atoms with E-state index in [1.165, 1.54) is 0 Å². The monoisotopic (exact) mass is 284 g/mol. The number of rotatable bonds is 4. The molecule has 1 aliphatic heterocycles. The Kier molecular flexibility index (Phi) is 5.35. The molecule has 2 amide bonds. The lowest BCUT2D eigenvalue weighted by Crippen LogP contribution is -2.51. The summed E-state index contributed by atoms with van der Waals surface area (Å²) in [6.07, 6.45) is 1.89. The van der Waals surface area contributed by atoms with Gasteiger partial charge in [0.05, 0.1) is 11.6 Å². The van der Waals surface area contributed by atoms with Crippen LogP contribution in [0.2, 0.25) is 0 Å². The molecule has 0 aromatic heterocycles. The number of nitrogens with one attached hydrogen (secondary N) is 1. The zero-order valence-electron chi connectivity index (χ0n) is 12.1. The maximum atomic E-state index is 12.1. The third kappa shape index (κ3) is 4.33. The highest BCUT2D eigenvalue weighted by atomic mass is 16.2. The van der Waals surface area contributed by atoms with Crippen LogP contribution in [-0.2, 0) is 6.54 Å². The van der Waals surface area contributed by atoms with Crippen molar-refractivity contribution >= 4 is 6.03 Å². The molecule has 0 atom stereocenters. The Morgan fingerprint density at radius 1 is 1.29 bits per heavy atom. The Bertz CT molecular complexity index is 524. The standard InChI is InChI=1S/C16H20N4O/c1-2-7-19-8-10-20(11-9-19)16(21)18-13-15-5-3-14(12-17)4-6-15/h2-6H,1,7-11,13H2,(H,18,21). The van der Waals surface area contributed by atoms with Gasteiger partial charge < -0.3 is 10.2 Å². The number of piperazine rings is 1. The molecule has 0 radical (unpaired) electrons. The van der Waals surface area contributed by atoms with Crippen LogP contribution in [0.5, 0.6) is 0 Å². The predicted molar refractivity (Wildman–Crippen MR) is 81.6 cm³/mol. The molecular formula is C16H20N4O. The average molecular weight is 284 g/mol. The van der Waals surface area contributed by atoms with E-state index in [1.807, 2.05) is 23.1 Å². The quantitative estimate of drug-likeness (QED) is 0.854. The molecule has 0 bridgehead atoms. The first-order chi connectivity index (χ1) is 10.2. The lowest BCUT2D eigenvalue weighted by Gasteiger charge is -2.34. The number of hydrogen-bond acceptors (Lipinski definition) is 3. The van der Waals surface area contributed by atoms with Crippen LogP contribution in [0.4, 0.5) is 4.79 Å². The SMILES string of the molecule is C=CCN1CCN(C(=O)NCc2ccc(C#N)cc2)CC1. The van der Waals surface area contributed by atoms with Gasteiger partial charge in [-0.25, -0.2) is 4.79 Å². The summed E-state index contributed by atoms with van der Waals surface area (Å²) >= 11 is 0. The Labute approximate surface area is 125 Å². The first-order valence-electron chi connectivity index (χ1n) is 7.08. The highest BCUT2D eigenvalue weighted by Gasteiger charge is 2.19. The number of amides is 2. The van der Waals surface area contributed by atoms with Crippen LogP contribution < -0.4 is 5.32 Å². The molecule has 1 aromatic rings. The minimum Gasteiger partial charge on any atom is -0.334 e. The van der Waals surface area contributed by atoms with Crippen LogP contribution in [-0.4, -0.2) is 48.6 Å². The van der Waals surface area contributed by atoms with E-state index in [2.05, 4.69) is 22.9 Å². The Hall–Kier alpha value is -2.32. The molecule has 1 heterocycles. The number of benzene rings is 1. The summed E-state index contributed by atoms with van der Waals surface area (Å²) in [7, 11) is 0. The summed E-state index contributed by atoms with van der Waals surface area (Å²) in [6.45, 7) is 8.35. The van der Waals surface area contributed by atoms with Gasteiger partial charge >= 0.3 is 6.03 Å². The summed E-state index contributed by atoms with van der Waals surface area (Å²) < 4.78 is 0. The van der Waals surface area contributed by atoms with E-state index < -0.39 is 0 Å².